The molecule has 32 nitrogen and oxygen atoms in total. The number of nitrogens with two attached hydrogens (primary N) is 4. The number of carboxylic acids is 1. The van der Waals surface area contributed by atoms with Gasteiger partial charge in [-0.05, 0) is 72.6 Å². The Morgan fingerprint density at radius 2 is 1.11 bits per heavy atom. The second-order valence-corrected chi connectivity index (χ2v) is 22.3. The number of aromatic nitrogens is 1. The van der Waals surface area contributed by atoms with E-state index >= 15 is 0 Å². The maximum absolute atomic E-state index is 14.8. The third kappa shape index (κ3) is 24.1. The predicted molar refractivity (Wildman–Crippen MR) is 339 cm³/mol. The van der Waals surface area contributed by atoms with Crippen molar-refractivity contribution in [1.82, 2.24) is 52.8 Å². The zero-order chi connectivity index (χ0) is 67.3. The van der Waals surface area contributed by atoms with E-state index in [4.69, 9.17) is 22.9 Å². The van der Waals surface area contributed by atoms with E-state index in [9.17, 15) is 73.2 Å². The number of nitrogens with zero attached hydrogens (tertiary/aromatic N) is 3. The van der Waals surface area contributed by atoms with Gasteiger partial charge in [-0.2, -0.15) is 11.8 Å². The maximum Gasteiger partial charge on any atom is 0.303 e. The molecule has 4 aromatic rings. The molecule has 3 aromatic carbocycles. The summed E-state index contributed by atoms with van der Waals surface area (Å²) in [5, 5.41) is 62.8. The Morgan fingerprint density at radius 3 is 1.67 bits per heavy atom. The van der Waals surface area contributed by atoms with Crippen LogP contribution in [0.4, 0.5) is 0 Å². The molecule has 0 aliphatic carbocycles. The average Bonchev–Trinajstić information content (AvgIpc) is 1.75. The van der Waals surface area contributed by atoms with Gasteiger partial charge in [-0.15, -0.1) is 0 Å². The Hall–Kier alpha value is -9.99. The Balaban J connectivity index is 1.40. The van der Waals surface area contributed by atoms with E-state index in [-0.39, 0.29) is 69.0 Å². The van der Waals surface area contributed by atoms with Crippen molar-refractivity contribution in [3.63, 3.8) is 0 Å². The number of primary amides is 1. The van der Waals surface area contributed by atoms with Crippen molar-refractivity contribution in [3.05, 3.63) is 102 Å². The van der Waals surface area contributed by atoms with Gasteiger partial charge in [-0.1, -0.05) is 60.7 Å². The van der Waals surface area contributed by atoms with Crippen LogP contribution in [0.15, 0.2) is 100 Å². The number of aliphatic hydroxyl groups is 2. The summed E-state index contributed by atoms with van der Waals surface area (Å²) < 4.78 is 0. The van der Waals surface area contributed by atoms with Crippen LogP contribution in [0.5, 0.6) is 5.75 Å². The van der Waals surface area contributed by atoms with Gasteiger partial charge in [0, 0.05) is 62.0 Å². The smallest absolute Gasteiger partial charge is 0.303 e. The number of benzene rings is 3. The number of hydrogen-bond donors (Lipinski definition) is 18. The van der Waals surface area contributed by atoms with Gasteiger partial charge < -0.3 is 96.2 Å². The lowest BCUT2D eigenvalue weighted by molar-refractivity contribution is -0.139. The van der Waals surface area contributed by atoms with E-state index in [2.05, 4.69) is 67.8 Å². The molecule has 0 saturated heterocycles. The van der Waals surface area contributed by atoms with Crippen molar-refractivity contribution < 1.29 is 73.2 Å². The third-order valence-corrected chi connectivity index (χ3v) is 14.9. The molecule has 1 unspecified atom stereocenters. The van der Waals surface area contributed by atoms with E-state index in [0.717, 1.165) is 10.9 Å². The monoisotopic (exact) mass is 1300 g/mol. The first-order valence-electron chi connectivity index (χ1n) is 29.1. The van der Waals surface area contributed by atoms with E-state index in [1.54, 1.807) is 61.0 Å². The molecule has 0 radical (unpaired) electrons. The fourth-order valence-corrected chi connectivity index (χ4v) is 9.81. The van der Waals surface area contributed by atoms with Gasteiger partial charge in [0.1, 0.15) is 66.5 Å². The number of aromatic hydroxyl groups is 1. The minimum Gasteiger partial charge on any atom is -0.508 e. The normalized spacial score (nSPS) is 15.3. The molecule has 1 aliphatic heterocycles. The van der Waals surface area contributed by atoms with Gasteiger partial charge in [0.05, 0.1) is 25.8 Å². The lowest BCUT2D eigenvalue weighted by Crippen LogP contribution is -2.61. The number of fused-ring (bicyclic) bond motifs is 1. The lowest BCUT2D eigenvalue weighted by atomic mass is 10.0. The highest BCUT2D eigenvalue weighted by atomic mass is 32.2. The highest BCUT2D eigenvalue weighted by Crippen LogP contribution is 2.20. The molecule has 1 aromatic heterocycles. The molecule has 0 saturated carbocycles. The Labute approximate surface area is 532 Å². The summed E-state index contributed by atoms with van der Waals surface area (Å²) in [4.78, 5) is 166. The SMILES string of the molecule is CSCC[C@H](NC(=O)[C@H](CO)NC(=O)[C@H](Cc1ccc(O)cc1)NC(=O)[C@@H](N)CO)C(=O)N[C@@H](CCC(=O)O)C(=O)N[C@@H](CC1C=NC=N1)C(=O)N[C@H](Cc1ccccc1)C(=O)N[C@@H](CCCN=C(N)N)C(=O)N[C@@H](Cc1c[nH]c2ccccc12)C(=O)NCC(N)=O. The van der Waals surface area contributed by atoms with Crippen LogP contribution in [0.3, 0.4) is 0 Å². The van der Waals surface area contributed by atoms with Gasteiger partial charge in [0.15, 0.2) is 5.96 Å². The standard InChI is InChI=1S/C59H79N17O15S/c1-92-21-19-42(71-58(91)47(30-78)76-56(89)43(72-50(83)38(60)29-77)23-33-13-15-36(79)16-14-33)54(87)70-41(17-18-49(81)82)53(86)75-46(25-35-27-64-31-68-35)57(90)73-44(22-32-8-3-2-4-9-32)55(88)69-40(12-7-20-65-59(62)63)52(85)74-45(51(84)67-28-48(61)80)24-34-26-66-39-11-6-5-10-37(34)39/h2-6,8-11,13-16,26-27,31,35,38,40-47,66,77-79H,7,12,17-25,28-30,60H2,1H3,(H2,61,80)(H,67,84)(H,69,88)(H,70,87)(H,71,91)(H,72,83)(H,73,90)(H,74,85)(H,75,86)(H,76,89)(H,81,82)(H4,62,63,65)/t35?,38-,40-,41-,42-,43-,44+,45-,46-,47-/m0/s1. The van der Waals surface area contributed by atoms with Crippen LogP contribution in [0.2, 0.25) is 0 Å². The first kappa shape index (κ1) is 72.8. The molecular weight excluding hydrogens is 1220 g/mol. The first-order chi connectivity index (χ1) is 44.0. The molecule has 33 heteroatoms. The number of guanidine groups is 1. The molecule has 5 rings (SSSR count). The number of carbonyl (C=O) groups is 11. The summed E-state index contributed by atoms with van der Waals surface area (Å²) in [6, 6.07) is 6.49. The van der Waals surface area contributed by atoms with Gasteiger partial charge in [-0.25, -0.2) is 4.99 Å². The van der Waals surface area contributed by atoms with Gasteiger partial charge in [0.2, 0.25) is 59.1 Å². The summed E-state index contributed by atoms with van der Waals surface area (Å²) in [7, 11) is 0. The molecule has 496 valence electrons. The minimum absolute atomic E-state index is 0.00137. The fourth-order valence-electron chi connectivity index (χ4n) is 9.33. The van der Waals surface area contributed by atoms with Gasteiger partial charge >= 0.3 is 5.97 Å². The number of carbonyl (C=O) groups excluding carboxylic acids is 10. The number of phenolic OH excluding ortho intramolecular Hbond substituents is 1. The molecule has 0 spiro atoms. The number of carboxylic acid groups (broad SMARTS) is 1. The number of aromatic amines is 1. The van der Waals surface area contributed by atoms with Crippen molar-refractivity contribution >= 4 is 106 Å². The van der Waals surface area contributed by atoms with Crippen LogP contribution in [0.1, 0.15) is 55.2 Å². The number of hydrogen-bond acceptors (Lipinski definition) is 19. The molecule has 2 heterocycles. The van der Waals surface area contributed by atoms with Crippen molar-refractivity contribution in [3.8, 4) is 5.75 Å². The molecule has 10 atom stereocenters. The second kappa shape index (κ2) is 37.2. The van der Waals surface area contributed by atoms with Crippen molar-refractivity contribution in [1.29, 1.82) is 0 Å². The third-order valence-electron chi connectivity index (χ3n) is 14.2. The van der Waals surface area contributed by atoms with Gasteiger partial charge in [-0.3, -0.25) is 62.7 Å². The van der Waals surface area contributed by atoms with Crippen molar-refractivity contribution in [2.45, 2.75) is 118 Å². The van der Waals surface area contributed by atoms with Crippen LogP contribution in [-0.2, 0) is 72.0 Å². The maximum atomic E-state index is 14.8. The summed E-state index contributed by atoms with van der Waals surface area (Å²) in [5.74, 6) is -11.1. The molecule has 0 bridgehead atoms. The lowest BCUT2D eigenvalue weighted by Gasteiger charge is -2.28. The van der Waals surface area contributed by atoms with Crippen LogP contribution in [0, 0.1) is 0 Å². The zero-order valence-electron chi connectivity index (χ0n) is 50.2. The molecule has 22 N–H and O–H groups in total. The van der Waals surface area contributed by atoms with Crippen LogP contribution < -0.4 is 70.8 Å². The number of para-hydroxylation sites is 1. The van der Waals surface area contributed by atoms with Crippen LogP contribution in [0.25, 0.3) is 10.9 Å². The van der Waals surface area contributed by atoms with Crippen molar-refractivity contribution in [2.75, 3.05) is 38.3 Å². The number of aliphatic carboxylic acids is 1. The molecular formula is C59H79N17O15S. The number of rotatable bonds is 39. The Bertz CT molecular complexity index is 3280. The fraction of sp³-hybridized carbons (Fsp3) is 0.424. The number of H-pyrrole nitrogens is 1. The zero-order valence-corrected chi connectivity index (χ0v) is 51.1. The number of thioether (sulfide) groups is 1. The van der Waals surface area contributed by atoms with Crippen LogP contribution >= 0.6 is 11.8 Å². The van der Waals surface area contributed by atoms with E-state index in [0.29, 0.717) is 16.7 Å². The number of amides is 10. The number of phenols is 1. The topological polar surface area (TPSA) is 534 Å². The first-order valence-corrected chi connectivity index (χ1v) is 30.5. The molecule has 10 amide bonds. The largest absolute Gasteiger partial charge is 0.508 e. The van der Waals surface area contributed by atoms with Crippen molar-refractivity contribution in [2.24, 2.45) is 37.9 Å². The van der Waals surface area contributed by atoms with E-state index < -0.39 is 158 Å². The summed E-state index contributed by atoms with van der Waals surface area (Å²) in [5.41, 5.74) is 24.5. The highest BCUT2D eigenvalue weighted by molar-refractivity contribution is 7.98. The average molecular weight is 1300 g/mol. The molecule has 0 fully saturated rings. The predicted octanol–water partition coefficient (Wildman–Crippen LogP) is -4.76. The minimum atomic E-state index is -1.76. The van der Waals surface area contributed by atoms with Gasteiger partial charge in [0.25, 0.3) is 0 Å². The summed E-state index contributed by atoms with van der Waals surface area (Å²) in [6.45, 7) is -2.37. The quantitative estimate of drug-likeness (QED) is 0.0113. The number of aliphatic hydroxyl groups excluding tert-OH is 2. The van der Waals surface area contributed by atoms with E-state index in [1.165, 1.54) is 48.6 Å². The second-order valence-electron chi connectivity index (χ2n) is 21.3. The molecule has 1 aliphatic rings. The van der Waals surface area contributed by atoms with E-state index in [1.807, 2.05) is 6.07 Å². The Kier molecular flexibility index (Phi) is 29.4. The number of aliphatic imine (C=N–C) groups is 3. The van der Waals surface area contributed by atoms with Crippen LogP contribution in [-0.4, -0.2) is 208 Å². The summed E-state index contributed by atoms with van der Waals surface area (Å²) >= 11 is 1.26. The summed E-state index contributed by atoms with van der Waals surface area (Å²) in [6.07, 6.45) is 3.67. The molecule has 92 heavy (non-hydrogen) atoms. The highest BCUT2D eigenvalue weighted by Gasteiger charge is 2.36. The Morgan fingerprint density at radius 1 is 0.598 bits per heavy atom. The number of nitrogens with one attached hydrogen (secondary N) is 10.